The highest BCUT2D eigenvalue weighted by Gasteiger charge is 2.32. The van der Waals surface area contributed by atoms with Crippen molar-refractivity contribution in [1.29, 1.82) is 0 Å². The van der Waals surface area contributed by atoms with Crippen LogP contribution in [-0.2, 0) is 38.6 Å². The van der Waals surface area contributed by atoms with Crippen LogP contribution >= 0.6 is 11.6 Å². The van der Waals surface area contributed by atoms with Crippen molar-refractivity contribution in [3.8, 4) is 17.3 Å². The number of halogens is 1. The SMILES string of the molecule is C=c1nc2c(c(=O)[nH]1)=Nc1cc(C)c(Cl)cc1N2CCCc1ccccc1.C=c1nc2c(c(=O)[nH]1)=Nc1cc(C)c(N3CCC(O)C3)cc1N2CCCc1ccccc1.C=c1nc2c(c(=O)[nH]1)=Nc1cc(C)c(NC3CC3)cc1N2CCCCc1ccccc1.C=c1nc2c(c(=O)[nH]1)=Nc1cc(C)ccc1N2CCCc1ccccc1.COc1ccc(CCCn2c3nc(=O)[nH]c(=O)c-3nc3cc(C)c(C)cc32)cc1. The summed E-state index contributed by atoms with van der Waals surface area (Å²) in [4.78, 5) is 143. The number of aliphatic hydroxyl groups excluding tert-OH is 1. The molecule has 1 atom stereocenters. The minimum atomic E-state index is -0.656. The fraction of sp³-hybridized carbons (Fsp3) is 0.263. The maximum absolute atomic E-state index is 12.6. The van der Waals surface area contributed by atoms with E-state index in [-0.39, 0.29) is 34.0 Å². The van der Waals surface area contributed by atoms with Crippen LogP contribution < -0.4 is 111 Å². The fourth-order valence-corrected chi connectivity index (χ4v) is 19.0. The molecule has 4 aromatic heterocycles. The van der Waals surface area contributed by atoms with E-state index < -0.39 is 11.2 Å². The van der Waals surface area contributed by atoms with Gasteiger partial charge >= 0.3 is 5.69 Å². The van der Waals surface area contributed by atoms with Gasteiger partial charge in [0, 0.05) is 68.3 Å². The molecular formula is C114H115ClN22O8. The molecule has 0 bridgehead atoms. The highest BCUT2D eigenvalue weighted by atomic mass is 35.5. The van der Waals surface area contributed by atoms with Crippen LogP contribution in [0.4, 0.5) is 80.1 Å². The molecule has 1 saturated carbocycles. The second-order valence-corrected chi connectivity index (χ2v) is 37.8. The lowest BCUT2D eigenvalue weighted by molar-refractivity contribution is 0.198. The van der Waals surface area contributed by atoms with Gasteiger partial charge in [-0.15, -0.1) is 0 Å². The summed E-state index contributed by atoms with van der Waals surface area (Å²) in [6.45, 7) is 32.4. The van der Waals surface area contributed by atoms with E-state index in [2.05, 4.69) is 242 Å². The van der Waals surface area contributed by atoms with Gasteiger partial charge in [0.05, 0.1) is 69.7 Å². The van der Waals surface area contributed by atoms with Gasteiger partial charge in [-0.1, -0.05) is 177 Å². The average Bonchev–Trinajstić information content (AvgIpc) is 1.48. The molecule has 0 radical (unpaired) electrons. The van der Waals surface area contributed by atoms with E-state index in [0.717, 1.165) is 204 Å². The Morgan fingerprint density at radius 1 is 0.393 bits per heavy atom. The quantitative estimate of drug-likeness (QED) is 0.0206. The summed E-state index contributed by atoms with van der Waals surface area (Å²) >= 11 is 6.36. The lowest BCUT2D eigenvalue weighted by Gasteiger charge is -2.30. The monoisotopic (exact) mass is 1950 g/mol. The maximum atomic E-state index is 12.6. The number of benzene rings is 10. The van der Waals surface area contributed by atoms with Gasteiger partial charge in [0.1, 0.15) is 27.7 Å². The lowest BCUT2D eigenvalue weighted by Crippen LogP contribution is -2.42. The number of aryl methyl sites for hydroxylation is 12. The minimum Gasteiger partial charge on any atom is -0.497 e. The molecule has 14 aromatic rings. The molecule has 8 aliphatic rings. The molecular weight excluding hydrogens is 1840 g/mol. The van der Waals surface area contributed by atoms with Gasteiger partial charge in [0.2, 0.25) is 0 Å². The van der Waals surface area contributed by atoms with Crippen molar-refractivity contribution < 1.29 is 9.84 Å². The van der Waals surface area contributed by atoms with Crippen molar-refractivity contribution in [2.24, 2.45) is 20.0 Å². The van der Waals surface area contributed by atoms with Crippen molar-refractivity contribution in [2.75, 3.05) is 76.2 Å². The Kier molecular flexibility index (Phi) is 29.9. The Morgan fingerprint density at radius 2 is 0.807 bits per heavy atom. The Labute approximate surface area is 840 Å². The number of ether oxygens (including phenoxy) is 1. The number of fused-ring (bicyclic) bond motifs is 10. The molecule has 11 heterocycles. The van der Waals surface area contributed by atoms with E-state index in [1.165, 1.54) is 40.7 Å². The number of rotatable bonds is 25. The van der Waals surface area contributed by atoms with Crippen molar-refractivity contribution in [2.45, 2.75) is 150 Å². The summed E-state index contributed by atoms with van der Waals surface area (Å²) in [5.74, 6) is 3.42. The van der Waals surface area contributed by atoms with Gasteiger partial charge in [-0.05, 0) is 265 Å². The topological polar surface area (TPSA) is 371 Å². The summed E-state index contributed by atoms with van der Waals surface area (Å²) in [5.41, 5.74) is 22.9. The molecule has 2 fully saturated rings. The van der Waals surface area contributed by atoms with Crippen LogP contribution in [0.2, 0.25) is 5.02 Å². The van der Waals surface area contributed by atoms with Gasteiger partial charge in [-0.2, -0.15) is 4.98 Å². The number of unbranched alkanes of at least 4 members (excludes halogenated alkanes) is 1. The first-order chi connectivity index (χ1) is 70.2. The van der Waals surface area contributed by atoms with Gasteiger partial charge < -0.3 is 64.2 Å². The Hall–Kier alpha value is -16.5. The van der Waals surface area contributed by atoms with Crippen molar-refractivity contribution in [3.63, 3.8) is 0 Å². The van der Waals surface area contributed by atoms with E-state index in [4.69, 9.17) is 16.3 Å². The molecule has 1 saturated heterocycles. The van der Waals surface area contributed by atoms with Crippen LogP contribution in [0.1, 0.15) is 119 Å². The molecule has 7 N–H and O–H groups in total. The third kappa shape index (κ3) is 23.0. The molecule has 30 nitrogen and oxygen atoms in total. The molecule has 1 aliphatic carbocycles. The normalized spacial score (nSPS) is 13.6. The van der Waals surface area contributed by atoms with Crippen LogP contribution in [-0.4, -0.2) is 123 Å². The zero-order valence-corrected chi connectivity index (χ0v) is 83.1. The van der Waals surface area contributed by atoms with Crippen LogP contribution in [0.3, 0.4) is 0 Å². The van der Waals surface area contributed by atoms with E-state index in [1.54, 1.807) is 7.11 Å². The molecule has 10 aromatic carbocycles. The Bertz CT molecular complexity index is 8440. The average molecular weight is 1960 g/mol. The maximum Gasteiger partial charge on any atom is 0.349 e. The summed E-state index contributed by atoms with van der Waals surface area (Å²) in [5, 5.41) is 15.7. The third-order valence-electron chi connectivity index (χ3n) is 26.5. The predicted octanol–water partition coefficient (Wildman–Crippen LogP) is 14.1. The van der Waals surface area contributed by atoms with Gasteiger partial charge in [-0.25, -0.2) is 49.7 Å². The Balaban J connectivity index is 0.000000119. The van der Waals surface area contributed by atoms with E-state index in [1.807, 2.05) is 147 Å². The van der Waals surface area contributed by atoms with Crippen LogP contribution in [0.15, 0.2) is 261 Å². The summed E-state index contributed by atoms with van der Waals surface area (Å²) in [6, 6.07) is 72.5. The Morgan fingerprint density at radius 3 is 1.27 bits per heavy atom. The molecule has 7 aliphatic heterocycles. The summed E-state index contributed by atoms with van der Waals surface area (Å²) in [7, 11) is 1.65. The number of methoxy groups -OCH3 is 1. The first kappa shape index (κ1) is 98.7. The molecule has 0 amide bonds. The summed E-state index contributed by atoms with van der Waals surface area (Å²) < 4.78 is 7.14. The zero-order valence-electron chi connectivity index (χ0n) is 82.4. The highest BCUT2D eigenvalue weighted by molar-refractivity contribution is 6.31. The number of aliphatic hydroxyl groups is 1. The highest BCUT2D eigenvalue weighted by Crippen LogP contribution is 2.44. The molecule has 31 heteroatoms. The van der Waals surface area contributed by atoms with Crippen molar-refractivity contribution in [3.05, 3.63) is 384 Å². The van der Waals surface area contributed by atoms with E-state index in [0.29, 0.717) is 110 Å². The fourth-order valence-electron chi connectivity index (χ4n) is 18.8. The van der Waals surface area contributed by atoms with Crippen LogP contribution in [0.5, 0.6) is 5.75 Å². The standard InChI is InChI=1S/C25H27N5O2.C25H27N5O.C22H22N4O3.C21H19ClN4O.C21H20N4O/c1-16-13-20-22(14-21(16)29-12-10-19(31)15-29)30(11-6-9-18-7-4-3-5-8-18)24-23(28-20)25(32)27-17(2)26-24;1-16-14-21-22(15-20(16)28-19-11-12-19)30(13-7-6-10-18-8-4-3-5-9-18)24-23(29-21)25(31)27-17(2)26-24;1-13-11-17-18(12-14(13)2)26(20-19(23-17)21(27)25-22(28)24-20)10-4-5-15-6-8-16(29-3)9-7-15;1-13-11-17-18(12-16(13)22)26(10-6-9-15-7-4-3-5-8-15)20-19(25-17)21(27)24-14(2)23-20;1-14-10-11-18-17(13-14)24-19-20(22-15(2)23-21(19)26)25(18)12-6-9-16-7-4-3-5-8-16/h3-5,7-8,13-14,19,31H,2,6,9-12,15H2,1H3,(H,27,32);3-5,8-9,14-15,19,28H,2,6-7,10-13H2,1H3,(H,27,31);6-9,11-12H,4-5,10H2,1-3H3,(H,25,27,28);3-5,7-8,11-12H,2,6,9-10H2,1H3,(H,24,27);3-5,7-8,10-11,13H,2,6,9,12H2,1H3,(H,23,26). The predicted molar refractivity (Wildman–Crippen MR) is 576 cm³/mol. The first-order valence-electron chi connectivity index (χ1n) is 49.1. The lowest BCUT2D eigenvalue weighted by atomic mass is 10.1. The first-order valence-corrected chi connectivity index (χ1v) is 49.5. The number of nitrogens with one attached hydrogen (secondary N) is 6. The molecule has 1 unspecified atom stereocenters. The number of anilines is 10. The second kappa shape index (κ2) is 44.0. The third-order valence-corrected chi connectivity index (χ3v) is 26.9. The van der Waals surface area contributed by atoms with E-state index in [9.17, 15) is 33.9 Å². The number of hydrogen-bond acceptors (Lipinski definition) is 24. The number of β-amino-alcohol motifs (C(OH)–C–C–N with tert-alkyl or cyclic N) is 1. The van der Waals surface area contributed by atoms with Crippen LogP contribution in [0.25, 0.3) is 48.9 Å². The van der Waals surface area contributed by atoms with Crippen molar-refractivity contribution >= 4 is 129 Å². The van der Waals surface area contributed by atoms with Gasteiger partial charge in [0.25, 0.3) is 27.8 Å². The van der Waals surface area contributed by atoms with Crippen molar-refractivity contribution in [1.82, 2.24) is 59.4 Å². The smallest absolute Gasteiger partial charge is 0.349 e. The molecule has 22 rings (SSSR count). The number of nitrogens with zero attached hydrogens (tertiary/aromatic N) is 16. The number of aromatic amines is 5. The largest absolute Gasteiger partial charge is 0.497 e. The van der Waals surface area contributed by atoms with Gasteiger partial charge in [0.15, 0.2) is 56.2 Å². The second-order valence-electron chi connectivity index (χ2n) is 37.4. The number of aromatic nitrogens is 12. The number of hydrogen-bond donors (Lipinski definition) is 7. The number of H-pyrrole nitrogens is 5. The molecule has 0 spiro atoms. The molecule has 145 heavy (non-hydrogen) atoms. The van der Waals surface area contributed by atoms with Gasteiger partial charge in [-0.3, -0.25) is 29.0 Å². The zero-order chi connectivity index (χ0) is 101. The van der Waals surface area contributed by atoms with E-state index >= 15 is 0 Å². The summed E-state index contributed by atoms with van der Waals surface area (Å²) in [6.07, 6.45) is 13.2. The minimum absolute atomic E-state index is 0.185. The van der Waals surface area contributed by atoms with Crippen LogP contribution in [0, 0.1) is 41.5 Å². The molecule has 736 valence electrons.